The Morgan fingerprint density at radius 1 is 1.07 bits per heavy atom. The molecule has 1 aliphatic rings. The number of nitrogens with one attached hydrogen (secondary N) is 1. The molecule has 0 saturated carbocycles. The molecule has 1 amide bonds. The molecule has 3 aromatic rings. The molecule has 1 aromatic heterocycles. The summed E-state index contributed by atoms with van der Waals surface area (Å²) >= 11 is 1.61. The van der Waals surface area contributed by atoms with E-state index in [1.54, 1.807) is 50.9 Å². The molecule has 8 heteroatoms. The van der Waals surface area contributed by atoms with Gasteiger partial charge in [-0.25, -0.2) is 4.98 Å². The number of hydrogen-bond donors (Lipinski definition) is 1. The number of anilines is 2. The molecule has 1 fully saturated rings. The van der Waals surface area contributed by atoms with Crippen molar-refractivity contribution in [2.45, 2.75) is 0 Å². The Morgan fingerprint density at radius 2 is 1.82 bits per heavy atom. The van der Waals surface area contributed by atoms with E-state index in [-0.39, 0.29) is 11.8 Å². The first kappa shape index (κ1) is 18.4. The van der Waals surface area contributed by atoms with Crippen molar-refractivity contribution >= 4 is 38.3 Å². The van der Waals surface area contributed by atoms with Crippen molar-refractivity contribution in [2.24, 2.45) is 5.92 Å². The molecule has 0 bridgehead atoms. The molecule has 0 aliphatic carbocycles. The number of para-hydroxylation sites is 1. The molecule has 146 valence electrons. The van der Waals surface area contributed by atoms with Crippen LogP contribution in [-0.4, -0.2) is 45.3 Å². The molecule has 1 saturated heterocycles. The third kappa shape index (κ3) is 3.31. The monoisotopic (exact) mass is 399 g/mol. The lowest BCUT2D eigenvalue weighted by molar-refractivity contribution is -0.120. The summed E-state index contributed by atoms with van der Waals surface area (Å²) in [6.45, 7) is 1.28. The minimum absolute atomic E-state index is 0.0119. The highest BCUT2D eigenvalue weighted by Gasteiger charge is 2.34. The van der Waals surface area contributed by atoms with Gasteiger partial charge in [0.1, 0.15) is 11.3 Å². The van der Waals surface area contributed by atoms with Crippen molar-refractivity contribution in [3.63, 3.8) is 0 Å². The van der Waals surface area contributed by atoms with Gasteiger partial charge in [0.2, 0.25) is 5.91 Å². The van der Waals surface area contributed by atoms with Crippen molar-refractivity contribution in [1.29, 1.82) is 0 Å². The van der Waals surface area contributed by atoms with Gasteiger partial charge in [0.15, 0.2) is 16.6 Å². The maximum absolute atomic E-state index is 12.6. The van der Waals surface area contributed by atoms with Crippen LogP contribution in [0.5, 0.6) is 17.2 Å². The average molecular weight is 399 g/mol. The highest BCUT2D eigenvalue weighted by atomic mass is 32.1. The summed E-state index contributed by atoms with van der Waals surface area (Å²) in [4.78, 5) is 19.3. The molecule has 2 heterocycles. The second kappa shape index (κ2) is 7.55. The van der Waals surface area contributed by atoms with E-state index < -0.39 is 0 Å². The number of benzene rings is 2. The number of carbonyl (C=O) groups excluding carboxylic acids is 1. The molecule has 2 aromatic carbocycles. The molecule has 28 heavy (non-hydrogen) atoms. The SMILES string of the molecule is COc1ccc(NC(=O)C2CN(c3nc4c(OC)cccc4s3)C2)cc1OC. The normalized spacial score (nSPS) is 13.9. The minimum Gasteiger partial charge on any atom is -0.494 e. The lowest BCUT2D eigenvalue weighted by atomic mass is 10.00. The van der Waals surface area contributed by atoms with Gasteiger partial charge in [-0.3, -0.25) is 4.79 Å². The maximum atomic E-state index is 12.6. The lowest BCUT2D eigenvalue weighted by Crippen LogP contribution is -2.52. The summed E-state index contributed by atoms with van der Waals surface area (Å²) in [7, 11) is 4.79. The first-order valence-corrected chi connectivity index (χ1v) is 9.66. The summed E-state index contributed by atoms with van der Waals surface area (Å²) in [5, 5.41) is 3.86. The Kier molecular flexibility index (Phi) is 4.95. The molecule has 0 spiro atoms. The molecule has 1 N–H and O–H groups in total. The van der Waals surface area contributed by atoms with E-state index in [1.165, 1.54) is 0 Å². The quantitative estimate of drug-likeness (QED) is 0.685. The van der Waals surface area contributed by atoms with Crippen LogP contribution in [0.25, 0.3) is 10.2 Å². The number of ether oxygens (including phenoxy) is 3. The zero-order valence-electron chi connectivity index (χ0n) is 15.9. The van der Waals surface area contributed by atoms with Crippen LogP contribution < -0.4 is 24.4 Å². The van der Waals surface area contributed by atoms with Gasteiger partial charge in [0.05, 0.1) is 31.9 Å². The number of fused-ring (bicyclic) bond motifs is 1. The van der Waals surface area contributed by atoms with Gasteiger partial charge in [-0.15, -0.1) is 0 Å². The Balaban J connectivity index is 1.40. The number of hydrogen-bond acceptors (Lipinski definition) is 7. The molecule has 4 rings (SSSR count). The molecule has 0 atom stereocenters. The van der Waals surface area contributed by atoms with Crippen molar-refractivity contribution in [3.05, 3.63) is 36.4 Å². The number of aromatic nitrogens is 1. The van der Waals surface area contributed by atoms with Crippen molar-refractivity contribution in [3.8, 4) is 17.2 Å². The fourth-order valence-corrected chi connectivity index (χ4v) is 4.17. The summed E-state index contributed by atoms with van der Waals surface area (Å²) in [6.07, 6.45) is 0. The Hall–Kier alpha value is -3.00. The van der Waals surface area contributed by atoms with Crippen LogP contribution >= 0.6 is 11.3 Å². The zero-order valence-corrected chi connectivity index (χ0v) is 16.7. The molecular formula is C20H21N3O4S. The first-order chi connectivity index (χ1) is 13.6. The Morgan fingerprint density at radius 3 is 2.54 bits per heavy atom. The largest absolute Gasteiger partial charge is 0.494 e. The highest BCUT2D eigenvalue weighted by Crippen LogP contribution is 2.37. The van der Waals surface area contributed by atoms with Gasteiger partial charge in [-0.05, 0) is 24.3 Å². The highest BCUT2D eigenvalue weighted by molar-refractivity contribution is 7.22. The molecule has 7 nitrogen and oxygen atoms in total. The van der Waals surface area contributed by atoms with Crippen LogP contribution in [0.1, 0.15) is 0 Å². The van der Waals surface area contributed by atoms with Crippen LogP contribution in [0.2, 0.25) is 0 Å². The Labute approximate surface area is 166 Å². The smallest absolute Gasteiger partial charge is 0.231 e. The van der Waals surface area contributed by atoms with E-state index >= 15 is 0 Å². The van der Waals surface area contributed by atoms with Gasteiger partial charge in [-0.1, -0.05) is 17.4 Å². The third-order valence-corrected chi connectivity index (χ3v) is 5.85. The summed E-state index contributed by atoms with van der Waals surface area (Å²) in [5.74, 6) is 1.88. The number of thiazole rings is 1. The molecule has 0 unspecified atom stereocenters. The van der Waals surface area contributed by atoms with Crippen molar-refractivity contribution in [1.82, 2.24) is 4.98 Å². The van der Waals surface area contributed by atoms with Gasteiger partial charge < -0.3 is 24.4 Å². The second-order valence-corrected chi connectivity index (χ2v) is 7.47. The average Bonchev–Trinajstić information content (AvgIpc) is 3.10. The van der Waals surface area contributed by atoms with E-state index in [4.69, 9.17) is 14.2 Å². The number of rotatable bonds is 6. The molecular weight excluding hydrogens is 378 g/mol. The fraction of sp³-hybridized carbons (Fsp3) is 0.300. The van der Waals surface area contributed by atoms with Crippen molar-refractivity contribution < 1.29 is 19.0 Å². The number of nitrogens with zero attached hydrogens (tertiary/aromatic N) is 2. The molecule has 0 radical (unpaired) electrons. The number of carbonyl (C=O) groups is 1. The predicted octanol–water partition coefficient (Wildman–Crippen LogP) is 3.40. The lowest BCUT2D eigenvalue weighted by Gasteiger charge is -2.37. The zero-order chi connectivity index (χ0) is 19.7. The topological polar surface area (TPSA) is 72.9 Å². The van der Waals surface area contributed by atoms with E-state index in [0.717, 1.165) is 21.1 Å². The van der Waals surface area contributed by atoms with Gasteiger partial charge in [0.25, 0.3) is 0 Å². The summed E-state index contributed by atoms with van der Waals surface area (Å²) in [5.41, 5.74) is 1.55. The predicted molar refractivity (Wildman–Crippen MR) is 110 cm³/mol. The van der Waals surface area contributed by atoms with Crippen LogP contribution in [0.3, 0.4) is 0 Å². The maximum Gasteiger partial charge on any atom is 0.231 e. The van der Waals surface area contributed by atoms with Crippen molar-refractivity contribution in [2.75, 3.05) is 44.6 Å². The van der Waals surface area contributed by atoms with Crippen LogP contribution in [0, 0.1) is 5.92 Å². The fourth-order valence-electron chi connectivity index (χ4n) is 3.17. The van der Waals surface area contributed by atoms with E-state index in [1.807, 2.05) is 18.2 Å². The molecule has 1 aliphatic heterocycles. The second-order valence-electron chi connectivity index (χ2n) is 6.46. The van der Waals surface area contributed by atoms with Gasteiger partial charge in [-0.2, -0.15) is 0 Å². The van der Waals surface area contributed by atoms with E-state index in [0.29, 0.717) is 30.3 Å². The van der Waals surface area contributed by atoms with Crippen LogP contribution in [0.15, 0.2) is 36.4 Å². The van der Waals surface area contributed by atoms with Gasteiger partial charge >= 0.3 is 0 Å². The summed E-state index contributed by atoms with van der Waals surface area (Å²) in [6, 6.07) is 11.2. The summed E-state index contributed by atoms with van der Waals surface area (Å²) < 4.78 is 17.0. The van der Waals surface area contributed by atoms with Crippen LogP contribution in [-0.2, 0) is 4.79 Å². The minimum atomic E-state index is -0.0815. The van der Waals surface area contributed by atoms with E-state index in [9.17, 15) is 4.79 Å². The third-order valence-electron chi connectivity index (χ3n) is 4.76. The number of amides is 1. The van der Waals surface area contributed by atoms with E-state index in [2.05, 4.69) is 15.2 Å². The number of methoxy groups -OCH3 is 3. The van der Waals surface area contributed by atoms with Gasteiger partial charge in [0, 0.05) is 24.8 Å². The standard InChI is InChI=1S/C20H21N3O4S/c1-25-14-8-7-13(9-16(14)27-3)21-19(24)12-10-23(11-12)20-22-18-15(26-2)5-4-6-17(18)28-20/h4-9,12H,10-11H2,1-3H3,(H,21,24). The first-order valence-electron chi connectivity index (χ1n) is 8.84. The Bertz CT molecular complexity index is 1010. The van der Waals surface area contributed by atoms with Crippen LogP contribution in [0.4, 0.5) is 10.8 Å².